The minimum absolute atomic E-state index is 0.0306. The van der Waals surface area contributed by atoms with Crippen molar-refractivity contribution < 1.29 is 14.3 Å². The van der Waals surface area contributed by atoms with E-state index in [1.165, 1.54) is 0 Å². The fraction of sp³-hybridized carbons (Fsp3) is 0.333. The molecule has 1 aliphatic heterocycles. The zero-order valence-electron chi connectivity index (χ0n) is 14.2. The Labute approximate surface area is 146 Å². The number of benzene rings is 1. The highest BCUT2D eigenvalue weighted by molar-refractivity contribution is 5.92. The zero-order valence-corrected chi connectivity index (χ0v) is 14.2. The van der Waals surface area contributed by atoms with Gasteiger partial charge in [0, 0.05) is 36.5 Å². The molecule has 0 unspecified atom stereocenters. The van der Waals surface area contributed by atoms with Gasteiger partial charge in [0.2, 0.25) is 0 Å². The smallest absolute Gasteiger partial charge is 0.414 e. The molecule has 7 nitrogen and oxygen atoms in total. The molecule has 1 aliphatic rings. The topological polar surface area (TPSA) is 86.5 Å². The maximum absolute atomic E-state index is 12.2. The number of rotatable bonds is 3. The number of carbonyl (C=O) groups is 2. The summed E-state index contributed by atoms with van der Waals surface area (Å²) in [7, 11) is 0. The first kappa shape index (κ1) is 16.9. The molecule has 3 N–H and O–H groups in total. The number of aromatic amines is 1. The average Bonchev–Trinajstić information content (AvgIpc) is 3.02. The van der Waals surface area contributed by atoms with E-state index in [2.05, 4.69) is 22.2 Å². The summed E-state index contributed by atoms with van der Waals surface area (Å²) in [5.41, 5.74) is 1.71. The van der Waals surface area contributed by atoms with E-state index in [4.69, 9.17) is 4.74 Å². The molecular formula is C18H22N4O3. The number of carbonyl (C=O) groups excluding carboxylic acids is 2. The molecule has 2 heterocycles. The zero-order chi connectivity index (χ0) is 17.8. The molecule has 1 aromatic carbocycles. The summed E-state index contributed by atoms with van der Waals surface area (Å²) in [6.07, 6.45) is 2.86. The molecule has 0 saturated carbocycles. The van der Waals surface area contributed by atoms with Gasteiger partial charge in [-0.25, -0.2) is 9.59 Å². The molecule has 25 heavy (non-hydrogen) atoms. The molecule has 132 valence electrons. The number of urea groups is 1. The molecule has 0 atom stereocenters. The van der Waals surface area contributed by atoms with Crippen LogP contribution in [0.2, 0.25) is 0 Å². The summed E-state index contributed by atoms with van der Waals surface area (Å²) in [4.78, 5) is 28.7. The lowest BCUT2D eigenvalue weighted by Gasteiger charge is -2.31. The van der Waals surface area contributed by atoms with Crippen LogP contribution < -0.4 is 10.6 Å². The highest BCUT2D eigenvalue weighted by Gasteiger charge is 2.24. The number of nitrogens with one attached hydrogen (secondary N) is 3. The van der Waals surface area contributed by atoms with Crippen LogP contribution in [-0.2, 0) is 4.74 Å². The van der Waals surface area contributed by atoms with Crippen molar-refractivity contribution in [1.29, 1.82) is 0 Å². The minimum atomic E-state index is -0.380. The van der Waals surface area contributed by atoms with Crippen molar-refractivity contribution in [1.82, 2.24) is 15.2 Å². The first-order valence-electron chi connectivity index (χ1n) is 8.28. The molecule has 2 aromatic rings. The van der Waals surface area contributed by atoms with Gasteiger partial charge in [0.15, 0.2) is 0 Å². The van der Waals surface area contributed by atoms with E-state index in [1.54, 1.807) is 11.8 Å². The van der Waals surface area contributed by atoms with Gasteiger partial charge < -0.3 is 25.3 Å². The van der Waals surface area contributed by atoms with Crippen molar-refractivity contribution in [2.24, 2.45) is 0 Å². The first-order chi connectivity index (χ1) is 12.0. The number of piperidine rings is 1. The first-order valence-corrected chi connectivity index (χ1v) is 8.28. The number of nitrogens with zero attached hydrogens (tertiary/aromatic N) is 1. The summed E-state index contributed by atoms with van der Waals surface area (Å²) in [6.45, 7) is 6.30. The Balaban J connectivity index is 1.47. The van der Waals surface area contributed by atoms with Crippen molar-refractivity contribution in [3.05, 3.63) is 42.8 Å². The van der Waals surface area contributed by atoms with E-state index in [9.17, 15) is 9.59 Å². The minimum Gasteiger partial charge on any atom is -0.416 e. The highest BCUT2D eigenvalue weighted by atomic mass is 16.6. The predicted octanol–water partition coefficient (Wildman–Crippen LogP) is 3.42. The Hall–Kier alpha value is -2.96. The molecule has 0 aliphatic carbocycles. The summed E-state index contributed by atoms with van der Waals surface area (Å²) >= 11 is 0. The number of fused-ring (bicyclic) bond motifs is 1. The van der Waals surface area contributed by atoms with Gasteiger partial charge in [0.05, 0.1) is 5.76 Å². The average molecular weight is 342 g/mol. The maximum Gasteiger partial charge on any atom is 0.414 e. The summed E-state index contributed by atoms with van der Waals surface area (Å²) < 4.78 is 5.00. The van der Waals surface area contributed by atoms with Crippen molar-refractivity contribution in [3.8, 4) is 0 Å². The van der Waals surface area contributed by atoms with Crippen LogP contribution >= 0.6 is 0 Å². The van der Waals surface area contributed by atoms with Crippen LogP contribution in [0.3, 0.4) is 0 Å². The molecule has 7 heteroatoms. The lowest BCUT2D eigenvalue weighted by molar-refractivity contribution is 0.115. The number of allylic oxidation sites excluding steroid dienone is 1. The largest absolute Gasteiger partial charge is 0.416 e. The van der Waals surface area contributed by atoms with Gasteiger partial charge >= 0.3 is 12.1 Å². The molecular weight excluding hydrogens is 320 g/mol. The van der Waals surface area contributed by atoms with E-state index in [1.807, 2.05) is 30.5 Å². The fourth-order valence-corrected chi connectivity index (χ4v) is 2.90. The summed E-state index contributed by atoms with van der Waals surface area (Å²) in [5.74, 6) is 0.378. The Bertz CT molecular complexity index is 790. The van der Waals surface area contributed by atoms with Gasteiger partial charge in [-0.2, -0.15) is 0 Å². The number of hydrogen-bond donors (Lipinski definition) is 3. The molecule has 0 bridgehead atoms. The Morgan fingerprint density at radius 3 is 2.76 bits per heavy atom. The number of ether oxygens (including phenoxy) is 1. The number of amides is 3. The van der Waals surface area contributed by atoms with Crippen LogP contribution in [0.1, 0.15) is 19.8 Å². The molecule has 0 radical (unpaired) electrons. The Kier molecular flexibility index (Phi) is 4.92. The van der Waals surface area contributed by atoms with Gasteiger partial charge in [0.25, 0.3) is 0 Å². The second-order valence-corrected chi connectivity index (χ2v) is 6.21. The molecule has 0 spiro atoms. The van der Waals surface area contributed by atoms with E-state index in [0.29, 0.717) is 31.7 Å². The molecule has 1 saturated heterocycles. The lowest BCUT2D eigenvalue weighted by atomic mass is 10.1. The van der Waals surface area contributed by atoms with Gasteiger partial charge in [-0.1, -0.05) is 12.6 Å². The predicted molar refractivity (Wildman–Crippen MR) is 96.3 cm³/mol. The Morgan fingerprint density at radius 2 is 2.04 bits per heavy atom. The van der Waals surface area contributed by atoms with Crippen LogP contribution in [0.15, 0.2) is 42.8 Å². The Morgan fingerprint density at radius 1 is 1.28 bits per heavy atom. The second kappa shape index (κ2) is 7.29. The summed E-state index contributed by atoms with van der Waals surface area (Å²) in [6, 6.07) is 7.48. The second-order valence-electron chi connectivity index (χ2n) is 6.21. The van der Waals surface area contributed by atoms with Crippen molar-refractivity contribution in [3.63, 3.8) is 0 Å². The van der Waals surface area contributed by atoms with Crippen LogP contribution in [0.5, 0.6) is 0 Å². The number of aromatic nitrogens is 1. The molecule has 3 amide bonds. The van der Waals surface area contributed by atoms with Crippen LogP contribution in [0, 0.1) is 0 Å². The standard InChI is InChI=1S/C18H22N4O3/c1-12(2)25-18(24)22-9-6-14(7-10-22)20-17(23)21-15-4-3-13-5-8-19-16(13)11-15/h3-5,8,11,14,19H,1,6-7,9-10H2,2H3,(H2,20,21,23). The maximum atomic E-state index is 12.2. The van der Waals surface area contributed by atoms with E-state index in [0.717, 1.165) is 16.6 Å². The molecule has 3 rings (SSSR count). The third-order valence-electron chi connectivity index (χ3n) is 4.16. The summed E-state index contributed by atoms with van der Waals surface area (Å²) in [5, 5.41) is 6.89. The van der Waals surface area contributed by atoms with Crippen LogP contribution in [0.4, 0.5) is 15.3 Å². The third kappa shape index (κ3) is 4.32. The quantitative estimate of drug-likeness (QED) is 0.747. The van der Waals surface area contributed by atoms with Crippen molar-refractivity contribution in [2.75, 3.05) is 18.4 Å². The number of hydrogen-bond acceptors (Lipinski definition) is 3. The highest BCUT2D eigenvalue weighted by Crippen LogP contribution is 2.18. The van der Waals surface area contributed by atoms with Crippen molar-refractivity contribution in [2.45, 2.75) is 25.8 Å². The third-order valence-corrected chi connectivity index (χ3v) is 4.16. The number of likely N-dealkylation sites (tertiary alicyclic amines) is 1. The number of H-pyrrole nitrogens is 1. The molecule has 1 aromatic heterocycles. The fourth-order valence-electron chi connectivity index (χ4n) is 2.90. The van der Waals surface area contributed by atoms with Gasteiger partial charge in [-0.15, -0.1) is 0 Å². The normalized spacial score (nSPS) is 15.0. The van der Waals surface area contributed by atoms with Gasteiger partial charge in [-0.3, -0.25) is 0 Å². The van der Waals surface area contributed by atoms with Crippen LogP contribution in [0.25, 0.3) is 10.9 Å². The van der Waals surface area contributed by atoms with Gasteiger partial charge in [-0.05, 0) is 43.4 Å². The van der Waals surface area contributed by atoms with E-state index >= 15 is 0 Å². The SMILES string of the molecule is C=C(C)OC(=O)N1CCC(NC(=O)Nc2ccc3cc[nH]c3c2)CC1. The van der Waals surface area contributed by atoms with Crippen molar-refractivity contribution >= 4 is 28.7 Å². The monoisotopic (exact) mass is 342 g/mol. The number of anilines is 1. The van der Waals surface area contributed by atoms with Gasteiger partial charge in [0.1, 0.15) is 0 Å². The lowest BCUT2D eigenvalue weighted by Crippen LogP contribution is -2.47. The van der Waals surface area contributed by atoms with E-state index < -0.39 is 0 Å². The van der Waals surface area contributed by atoms with E-state index in [-0.39, 0.29) is 18.2 Å². The molecule has 1 fully saturated rings. The van der Waals surface area contributed by atoms with Crippen LogP contribution in [-0.4, -0.2) is 41.1 Å².